The lowest BCUT2D eigenvalue weighted by atomic mass is 10.0. The number of carbonyl (C=O) groups is 1. The molecule has 0 unspecified atom stereocenters. The van der Waals surface area contributed by atoms with E-state index in [1.165, 1.54) is 12.7 Å². The van der Waals surface area contributed by atoms with Crippen LogP contribution < -0.4 is 4.74 Å². The van der Waals surface area contributed by atoms with Gasteiger partial charge in [-0.1, -0.05) is 30.3 Å². The number of nitrogens with one attached hydrogen (secondary N) is 1. The number of rotatable bonds is 3. The van der Waals surface area contributed by atoms with Crippen molar-refractivity contribution in [3.63, 3.8) is 0 Å². The van der Waals surface area contributed by atoms with Crippen LogP contribution in [0.5, 0.6) is 5.75 Å². The number of fused-ring (bicyclic) bond motifs is 1. The second-order valence-electron chi connectivity index (χ2n) is 5.49. The van der Waals surface area contributed by atoms with Crippen molar-refractivity contribution in [3.05, 3.63) is 72.6 Å². The number of nitrogens with zero attached hydrogens (tertiary/aromatic N) is 1. The molecule has 0 aliphatic carbocycles. The van der Waals surface area contributed by atoms with Gasteiger partial charge in [0, 0.05) is 22.7 Å². The molecule has 0 fully saturated rings. The van der Waals surface area contributed by atoms with E-state index in [9.17, 15) is 4.79 Å². The topological polar surface area (TPSA) is 68.1 Å². The SMILES string of the molecule is Cc1ccc(-c2c[nH]c3ccccc23)cc1OC(=O)c1cocn1. The van der Waals surface area contributed by atoms with Gasteiger partial charge in [-0.05, 0) is 30.2 Å². The first kappa shape index (κ1) is 14.3. The van der Waals surface area contributed by atoms with Crippen LogP contribution in [0.3, 0.4) is 0 Å². The summed E-state index contributed by atoms with van der Waals surface area (Å²) in [5.74, 6) is -0.0336. The normalized spacial score (nSPS) is 10.9. The van der Waals surface area contributed by atoms with Crippen LogP contribution in [0.2, 0.25) is 0 Å². The second kappa shape index (κ2) is 5.70. The molecule has 2 aromatic heterocycles. The minimum absolute atomic E-state index is 0.145. The fourth-order valence-electron chi connectivity index (χ4n) is 2.65. The number of H-pyrrole nitrogens is 1. The molecule has 0 amide bonds. The first-order valence-electron chi connectivity index (χ1n) is 7.50. The highest BCUT2D eigenvalue weighted by molar-refractivity contribution is 5.96. The summed E-state index contributed by atoms with van der Waals surface area (Å²) in [5.41, 5.74) is 4.11. The molecule has 5 heteroatoms. The molecule has 1 N–H and O–H groups in total. The zero-order chi connectivity index (χ0) is 16.5. The highest BCUT2D eigenvalue weighted by atomic mass is 16.5. The van der Waals surface area contributed by atoms with Gasteiger partial charge in [0.1, 0.15) is 12.0 Å². The Morgan fingerprint density at radius 2 is 2.08 bits per heavy atom. The Morgan fingerprint density at radius 3 is 2.92 bits per heavy atom. The van der Waals surface area contributed by atoms with Gasteiger partial charge in [0.15, 0.2) is 12.1 Å². The largest absolute Gasteiger partial charge is 0.451 e. The smallest absolute Gasteiger partial charge is 0.365 e. The van der Waals surface area contributed by atoms with Crippen LogP contribution in [0.25, 0.3) is 22.0 Å². The summed E-state index contributed by atoms with van der Waals surface area (Å²) in [5, 5.41) is 1.12. The Bertz CT molecular complexity index is 1020. The lowest BCUT2D eigenvalue weighted by molar-refractivity contribution is 0.0727. The Labute approximate surface area is 137 Å². The predicted octanol–water partition coefficient (Wildman–Crippen LogP) is 4.35. The molecule has 2 heterocycles. The van der Waals surface area contributed by atoms with Crippen LogP contribution in [-0.2, 0) is 0 Å². The number of esters is 1. The van der Waals surface area contributed by atoms with Crippen molar-refractivity contribution in [2.45, 2.75) is 6.92 Å². The average Bonchev–Trinajstić information content (AvgIpc) is 3.26. The number of ether oxygens (including phenoxy) is 1. The summed E-state index contributed by atoms with van der Waals surface area (Å²) >= 11 is 0. The monoisotopic (exact) mass is 318 g/mol. The predicted molar refractivity (Wildman–Crippen MR) is 89.9 cm³/mol. The summed E-state index contributed by atoms with van der Waals surface area (Å²) in [4.78, 5) is 19.1. The molecule has 4 rings (SSSR count). The molecule has 2 aromatic carbocycles. The van der Waals surface area contributed by atoms with E-state index in [-0.39, 0.29) is 5.69 Å². The molecule has 118 valence electrons. The van der Waals surface area contributed by atoms with Gasteiger partial charge in [-0.15, -0.1) is 0 Å². The Morgan fingerprint density at radius 1 is 1.21 bits per heavy atom. The average molecular weight is 318 g/mol. The van der Waals surface area contributed by atoms with Crippen molar-refractivity contribution in [1.29, 1.82) is 0 Å². The molecule has 0 aliphatic rings. The Kier molecular flexibility index (Phi) is 3.39. The van der Waals surface area contributed by atoms with Crippen molar-refractivity contribution in [3.8, 4) is 16.9 Å². The quantitative estimate of drug-likeness (QED) is 0.450. The first-order chi connectivity index (χ1) is 11.7. The van der Waals surface area contributed by atoms with Crippen LogP contribution in [0.1, 0.15) is 16.1 Å². The molecule has 0 spiro atoms. The van der Waals surface area contributed by atoms with Crippen LogP contribution >= 0.6 is 0 Å². The minimum Gasteiger partial charge on any atom is -0.451 e. The maximum atomic E-state index is 12.1. The van der Waals surface area contributed by atoms with E-state index in [1.807, 2.05) is 49.5 Å². The van der Waals surface area contributed by atoms with Crippen molar-refractivity contribution in [2.24, 2.45) is 0 Å². The summed E-state index contributed by atoms with van der Waals surface area (Å²) in [6.07, 6.45) is 4.42. The summed E-state index contributed by atoms with van der Waals surface area (Å²) in [7, 11) is 0. The first-order valence-corrected chi connectivity index (χ1v) is 7.50. The van der Waals surface area contributed by atoms with E-state index in [0.717, 1.165) is 27.6 Å². The van der Waals surface area contributed by atoms with Crippen molar-refractivity contribution in [2.75, 3.05) is 0 Å². The van der Waals surface area contributed by atoms with Gasteiger partial charge >= 0.3 is 5.97 Å². The van der Waals surface area contributed by atoms with Gasteiger partial charge in [-0.3, -0.25) is 0 Å². The number of aryl methyl sites for hydroxylation is 1. The number of para-hydroxylation sites is 1. The Balaban J connectivity index is 1.72. The molecule has 5 nitrogen and oxygen atoms in total. The van der Waals surface area contributed by atoms with Gasteiger partial charge in [0.25, 0.3) is 0 Å². The zero-order valence-electron chi connectivity index (χ0n) is 12.9. The molecule has 0 saturated carbocycles. The summed E-state index contributed by atoms with van der Waals surface area (Å²) in [6, 6.07) is 13.9. The van der Waals surface area contributed by atoms with Crippen LogP contribution in [0.4, 0.5) is 0 Å². The third kappa shape index (κ3) is 2.46. The molecule has 0 atom stereocenters. The molecule has 4 aromatic rings. The molecule has 24 heavy (non-hydrogen) atoms. The van der Waals surface area contributed by atoms with Gasteiger partial charge in [-0.2, -0.15) is 0 Å². The standard InChI is InChI=1S/C19H14N2O3/c1-12-6-7-13(15-9-20-16-5-3-2-4-14(15)16)8-18(12)24-19(22)17-10-23-11-21-17/h2-11,20H,1H3. The van der Waals surface area contributed by atoms with Gasteiger partial charge in [0.05, 0.1) is 0 Å². The van der Waals surface area contributed by atoms with Gasteiger partial charge in [-0.25, -0.2) is 9.78 Å². The van der Waals surface area contributed by atoms with Crippen LogP contribution in [-0.4, -0.2) is 15.9 Å². The van der Waals surface area contributed by atoms with Gasteiger partial charge in [0.2, 0.25) is 0 Å². The van der Waals surface area contributed by atoms with Crippen LogP contribution in [0, 0.1) is 6.92 Å². The maximum absolute atomic E-state index is 12.1. The molecule has 0 radical (unpaired) electrons. The zero-order valence-corrected chi connectivity index (χ0v) is 12.9. The van der Waals surface area contributed by atoms with Crippen molar-refractivity contribution < 1.29 is 13.9 Å². The van der Waals surface area contributed by atoms with Crippen molar-refractivity contribution >= 4 is 16.9 Å². The molecular formula is C19H14N2O3. The third-order valence-electron chi connectivity index (χ3n) is 3.93. The number of hydrogen-bond donors (Lipinski definition) is 1. The van der Waals surface area contributed by atoms with E-state index < -0.39 is 5.97 Å². The number of hydrogen-bond acceptors (Lipinski definition) is 4. The fourth-order valence-corrected chi connectivity index (χ4v) is 2.65. The van der Waals surface area contributed by atoms with Gasteiger partial charge < -0.3 is 14.1 Å². The number of benzene rings is 2. The number of aromatic nitrogens is 2. The third-order valence-corrected chi connectivity index (χ3v) is 3.93. The maximum Gasteiger partial charge on any atom is 0.365 e. The van der Waals surface area contributed by atoms with E-state index in [4.69, 9.17) is 9.15 Å². The highest BCUT2D eigenvalue weighted by Crippen LogP contribution is 2.32. The number of aromatic amines is 1. The molecule has 0 saturated heterocycles. The van der Waals surface area contributed by atoms with Crippen molar-refractivity contribution in [1.82, 2.24) is 9.97 Å². The molecule has 0 bridgehead atoms. The summed E-state index contributed by atoms with van der Waals surface area (Å²) in [6.45, 7) is 1.89. The van der Waals surface area contributed by atoms with Crippen LogP contribution in [0.15, 0.2) is 65.7 Å². The molecular weight excluding hydrogens is 304 g/mol. The number of oxazole rings is 1. The minimum atomic E-state index is -0.539. The number of carbonyl (C=O) groups excluding carboxylic acids is 1. The highest BCUT2D eigenvalue weighted by Gasteiger charge is 2.14. The van der Waals surface area contributed by atoms with E-state index in [1.54, 1.807) is 0 Å². The van der Waals surface area contributed by atoms with E-state index in [2.05, 4.69) is 16.0 Å². The lowest BCUT2D eigenvalue weighted by Gasteiger charge is -2.08. The second-order valence-corrected chi connectivity index (χ2v) is 5.49. The fraction of sp³-hybridized carbons (Fsp3) is 0.0526. The lowest BCUT2D eigenvalue weighted by Crippen LogP contribution is -2.09. The summed E-state index contributed by atoms with van der Waals surface area (Å²) < 4.78 is 10.3. The molecule has 0 aliphatic heterocycles. The van der Waals surface area contributed by atoms with E-state index in [0.29, 0.717) is 5.75 Å². The van der Waals surface area contributed by atoms with E-state index >= 15 is 0 Å². The Hall–Kier alpha value is -3.34.